The average Bonchev–Trinajstić information content (AvgIpc) is 3.08. The smallest absolute Gasteiger partial charge is 0.180 e. The average molecular weight is 270 g/mol. The van der Waals surface area contributed by atoms with Crippen LogP contribution >= 0.6 is 0 Å². The molecule has 0 saturated carbocycles. The van der Waals surface area contributed by atoms with Gasteiger partial charge < -0.3 is 15.0 Å². The van der Waals surface area contributed by atoms with Crippen LogP contribution in [0.5, 0.6) is 5.75 Å². The second-order valence-electron chi connectivity index (χ2n) is 4.44. The van der Waals surface area contributed by atoms with Gasteiger partial charge in [-0.2, -0.15) is 5.10 Å². The maximum absolute atomic E-state index is 5.93. The lowest BCUT2D eigenvalue weighted by Gasteiger charge is -2.07. The quantitative estimate of drug-likeness (QED) is 0.763. The van der Waals surface area contributed by atoms with Gasteiger partial charge in [0.15, 0.2) is 11.6 Å². The van der Waals surface area contributed by atoms with Crippen molar-refractivity contribution in [3.05, 3.63) is 36.2 Å². The Morgan fingerprint density at radius 1 is 1.30 bits per heavy atom. The number of H-pyrrole nitrogens is 1. The Hall–Kier alpha value is -2.76. The molecule has 20 heavy (non-hydrogen) atoms. The maximum atomic E-state index is 5.93. The highest BCUT2D eigenvalue weighted by atomic mass is 16.5. The van der Waals surface area contributed by atoms with Gasteiger partial charge in [0.05, 0.1) is 24.4 Å². The highest BCUT2D eigenvalue weighted by Crippen LogP contribution is 2.38. The standard InChI is InChI=1S/C14H14N4O2/c1-8-3-4-9(5-11(8)19-2)12-13(20-18-14(12)15)10-6-16-17-7-10/h3-7H,1-2H3,(H2,15,18)(H,16,17). The van der Waals surface area contributed by atoms with Gasteiger partial charge in [-0.05, 0) is 24.1 Å². The van der Waals surface area contributed by atoms with E-state index in [1.54, 1.807) is 19.5 Å². The second-order valence-corrected chi connectivity index (χ2v) is 4.44. The Labute approximate surface area is 115 Å². The molecule has 0 radical (unpaired) electrons. The first-order valence-corrected chi connectivity index (χ1v) is 6.10. The van der Waals surface area contributed by atoms with Gasteiger partial charge in [-0.15, -0.1) is 0 Å². The van der Waals surface area contributed by atoms with Gasteiger partial charge in [0.1, 0.15) is 5.75 Å². The third-order valence-corrected chi connectivity index (χ3v) is 3.18. The van der Waals surface area contributed by atoms with Crippen LogP contribution in [0.1, 0.15) is 5.56 Å². The Bertz CT molecular complexity index is 732. The van der Waals surface area contributed by atoms with E-state index in [4.69, 9.17) is 15.0 Å². The predicted molar refractivity (Wildman–Crippen MR) is 75.2 cm³/mol. The van der Waals surface area contributed by atoms with Gasteiger partial charge in [0, 0.05) is 6.20 Å². The summed E-state index contributed by atoms with van der Waals surface area (Å²) in [6.45, 7) is 1.98. The number of hydrogen-bond donors (Lipinski definition) is 2. The van der Waals surface area contributed by atoms with Crippen molar-refractivity contribution >= 4 is 5.82 Å². The Morgan fingerprint density at radius 2 is 2.15 bits per heavy atom. The highest BCUT2D eigenvalue weighted by molar-refractivity contribution is 5.86. The van der Waals surface area contributed by atoms with Gasteiger partial charge in [-0.1, -0.05) is 17.3 Å². The molecule has 6 heteroatoms. The van der Waals surface area contributed by atoms with Crippen molar-refractivity contribution in [1.29, 1.82) is 0 Å². The number of aryl methyl sites for hydroxylation is 1. The van der Waals surface area contributed by atoms with Crippen molar-refractivity contribution in [2.45, 2.75) is 6.92 Å². The lowest BCUT2D eigenvalue weighted by Crippen LogP contribution is -1.91. The monoisotopic (exact) mass is 270 g/mol. The minimum atomic E-state index is 0.340. The van der Waals surface area contributed by atoms with Gasteiger partial charge in [0.25, 0.3) is 0 Å². The number of nitrogens with two attached hydrogens (primary N) is 1. The molecule has 2 aromatic heterocycles. The molecule has 102 valence electrons. The number of hydrogen-bond acceptors (Lipinski definition) is 5. The molecule has 0 aliphatic heterocycles. The zero-order valence-corrected chi connectivity index (χ0v) is 11.2. The number of methoxy groups -OCH3 is 1. The highest BCUT2D eigenvalue weighted by Gasteiger charge is 2.19. The van der Waals surface area contributed by atoms with Crippen molar-refractivity contribution in [3.63, 3.8) is 0 Å². The molecule has 0 bridgehead atoms. The van der Waals surface area contributed by atoms with Crippen molar-refractivity contribution < 1.29 is 9.26 Å². The van der Waals surface area contributed by atoms with Crippen LogP contribution in [0.3, 0.4) is 0 Å². The van der Waals surface area contributed by atoms with E-state index in [9.17, 15) is 0 Å². The normalized spacial score (nSPS) is 10.7. The number of anilines is 1. The predicted octanol–water partition coefficient (Wildman–Crippen LogP) is 2.63. The largest absolute Gasteiger partial charge is 0.496 e. The van der Waals surface area contributed by atoms with Crippen LogP contribution in [0, 0.1) is 6.92 Å². The van der Waals surface area contributed by atoms with E-state index in [1.807, 2.05) is 25.1 Å². The molecule has 0 saturated heterocycles. The summed E-state index contributed by atoms with van der Waals surface area (Å²) in [5.74, 6) is 1.72. The van der Waals surface area contributed by atoms with E-state index < -0.39 is 0 Å². The first kappa shape index (κ1) is 12.3. The van der Waals surface area contributed by atoms with Gasteiger partial charge in [-0.3, -0.25) is 5.10 Å². The molecule has 0 unspecified atom stereocenters. The van der Waals surface area contributed by atoms with E-state index in [-0.39, 0.29) is 0 Å². The van der Waals surface area contributed by atoms with E-state index in [0.29, 0.717) is 11.6 Å². The van der Waals surface area contributed by atoms with Crippen molar-refractivity contribution in [3.8, 4) is 28.2 Å². The number of nitrogens with zero attached hydrogens (tertiary/aromatic N) is 2. The number of nitrogen functional groups attached to an aromatic ring is 1. The van der Waals surface area contributed by atoms with Crippen molar-refractivity contribution in [2.24, 2.45) is 0 Å². The minimum absolute atomic E-state index is 0.340. The van der Waals surface area contributed by atoms with Gasteiger partial charge >= 0.3 is 0 Å². The van der Waals surface area contributed by atoms with Gasteiger partial charge in [0.2, 0.25) is 0 Å². The third-order valence-electron chi connectivity index (χ3n) is 3.18. The molecule has 3 N–H and O–H groups in total. The number of benzene rings is 1. The van der Waals surface area contributed by atoms with E-state index >= 15 is 0 Å². The van der Waals surface area contributed by atoms with Crippen LogP contribution in [0.2, 0.25) is 0 Å². The second kappa shape index (κ2) is 4.73. The Kier molecular flexibility index (Phi) is 2.90. The molecule has 2 heterocycles. The Balaban J connectivity index is 2.17. The molecular formula is C14H14N4O2. The minimum Gasteiger partial charge on any atom is -0.496 e. The Morgan fingerprint density at radius 3 is 2.85 bits per heavy atom. The number of ether oxygens (including phenoxy) is 1. The van der Waals surface area contributed by atoms with Crippen molar-refractivity contribution in [2.75, 3.05) is 12.8 Å². The summed E-state index contributed by atoms with van der Waals surface area (Å²) in [5.41, 5.74) is 9.41. The van der Waals surface area contributed by atoms with E-state index in [2.05, 4.69) is 15.4 Å². The van der Waals surface area contributed by atoms with Crippen LogP contribution in [0.4, 0.5) is 5.82 Å². The molecule has 1 aromatic carbocycles. The molecule has 0 atom stereocenters. The summed E-state index contributed by atoms with van der Waals surface area (Å²) in [6, 6.07) is 5.85. The summed E-state index contributed by atoms with van der Waals surface area (Å²) < 4.78 is 10.7. The van der Waals surface area contributed by atoms with Crippen LogP contribution in [0.25, 0.3) is 22.5 Å². The molecule has 0 aliphatic carbocycles. The zero-order chi connectivity index (χ0) is 14.1. The zero-order valence-electron chi connectivity index (χ0n) is 11.2. The number of aromatic nitrogens is 3. The molecule has 0 amide bonds. The van der Waals surface area contributed by atoms with Crippen LogP contribution in [0.15, 0.2) is 35.1 Å². The maximum Gasteiger partial charge on any atom is 0.180 e. The fourth-order valence-electron chi connectivity index (χ4n) is 2.13. The number of nitrogens with one attached hydrogen (secondary N) is 1. The summed E-state index contributed by atoms with van der Waals surface area (Å²) in [6.07, 6.45) is 3.39. The van der Waals surface area contributed by atoms with Crippen LogP contribution in [-0.2, 0) is 0 Å². The summed E-state index contributed by atoms with van der Waals surface area (Å²) in [7, 11) is 1.64. The summed E-state index contributed by atoms with van der Waals surface area (Å²) in [5, 5.41) is 10.5. The lowest BCUT2D eigenvalue weighted by molar-refractivity contribution is 0.412. The fourth-order valence-corrected chi connectivity index (χ4v) is 2.13. The van der Waals surface area contributed by atoms with Crippen LogP contribution in [-0.4, -0.2) is 22.5 Å². The molecule has 3 aromatic rings. The first-order chi connectivity index (χ1) is 9.70. The fraction of sp³-hybridized carbons (Fsp3) is 0.143. The molecule has 0 aliphatic rings. The number of rotatable bonds is 3. The van der Waals surface area contributed by atoms with Crippen molar-refractivity contribution in [1.82, 2.24) is 15.4 Å². The SMILES string of the molecule is COc1cc(-c2c(N)noc2-c2cn[nH]c2)ccc1C. The summed E-state index contributed by atoms with van der Waals surface area (Å²) >= 11 is 0. The summed E-state index contributed by atoms with van der Waals surface area (Å²) in [4.78, 5) is 0. The molecular weight excluding hydrogens is 256 g/mol. The lowest BCUT2D eigenvalue weighted by atomic mass is 10.0. The first-order valence-electron chi connectivity index (χ1n) is 6.10. The van der Waals surface area contributed by atoms with Gasteiger partial charge in [-0.25, -0.2) is 0 Å². The molecule has 3 rings (SSSR count). The molecule has 0 spiro atoms. The third kappa shape index (κ3) is 1.91. The molecule has 6 nitrogen and oxygen atoms in total. The van der Waals surface area contributed by atoms with E-state index in [0.717, 1.165) is 28.0 Å². The topological polar surface area (TPSA) is 90.0 Å². The molecule has 0 fully saturated rings. The number of aromatic amines is 1. The van der Waals surface area contributed by atoms with E-state index in [1.165, 1.54) is 0 Å². The van der Waals surface area contributed by atoms with Crippen LogP contribution < -0.4 is 10.5 Å².